The number of piperazine rings is 1. The van der Waals surface area contributed by atoms with Gasteiger partial charge in [0.05, 0.1) is 6.61 Å². The van der Waals surface area contributed by atoms with Crippen LogP contribution < -0.4 is 10.2 Å². The summed E-state index contributed by atoms with van der Waals surface area (Å²) < 4.78 is 7.02. The molecule has 0 aliphatic carbocycles. The van der Waals surface area contributed by atoms with Gasteiger partial charge in [-0.15, -0.1) is 0 Å². The highest BCUT2D eigenvalue weighted by molar-refractivity contribution is 5.94. The number of aryl methyl sites for hydroxylation is 1. The van der Waals surface area contributed by atoms with E-state index in [1.165, 1.54) is 5.69 Å². The molecular formula is C25H36N6O3. The Hall–Kier alpha value is -3.07. The van der Waals surface area contributed by atoms with E-state index >= 15 is 0 Å². The predicted octanol–water partition coefficient (Wildman–Crippen LogP) is 2.45. The lowest BCUT2D eigenvalue weighted by Crippen LogP contribution is -2.50. The fraction of sp³-hybridized carbons (Fsp3) is 0.560. The third-order valence-corrected chi connectivity index (χ3v) is 6.62. The molecule has 9 heteroatoms. The number of piperidine rings is 1. The molecule has 2 aliphatic rings. The molecule has 1 N–H and O–H groups in total. The minimum Gasteiger partial charge on any atom is -0.450 e. The van der Waals surface area contributed by atoms with E-state index in [2.05, 4.69) is 27.4 Å². The molecule has 184 valence electrons. The molecule has 0 spiro atoms. The number of rotatable bonds is 8. The second-order valence-corrected chi connectivity index (χ2v) is 8.86. The van der Waals surface area contributed by atoms with Gasteiger partial charge >= 0.3 is 6.09 Å². The molecule has 4 rings (SSSR count). The maximum absolute atomic E-state index is 12.9. The highest BCUT2D eigenvalue weighted by atomic mass is 16.6. The summed E-state index contributed by atoms with van der Waals surface area (Å²) in [4.78, 5) is 30.6. The van der Waals surface area contributed by atoms with Crippen LogP contribution in [0.5, 0.6) is 0 Å². The lowest BCUT2D eigenvalue weighted by atomic mass is 10.0. The number of ether oxygens (including phenoxy) is 1. The summed E-state index contributed by atoms with van der Waals surface area (Å²) in [6.07, 6.45) is 6.84. The lowest BCUT2D eigenvalue weighted by molar-refractivity contribution is 0.0570. The van der Waals surface area contributed by atoms with E-state index in [9.17, 15) is 9.59 Å². The van der Waals surface area contributed by atoms with Gasteiger partial charge in [-0.25, -0.2) is 4.79 Å². The Kier molecular flexibility index (Phi) is 8.41. The number of nitrogens with one attached hydrogen (secondary N) is 1. The molecule has 2 aliphatic heterocycles. The van der Waals surface area contributed by atoms with E-state index in [0.29, 0.717) is 44.4 Å². The number of aromatic nitrogens is 2. The number of hydrogen-bond donors (Lipinski definition) is 1. The van der Waals surface area contributed by atoms with Crippen LogP contribution >= 0.6 is 0 Å². The van der Waals surface area contributed by atoms with Crippen LogP contribution in [-0.2, 0) is 11.3 Å². The third kappa shape index (κ3) is 6.28. The Balaban J connectivity index is 1.18. The second kappa shape index (κ2) is 11.9. The molecule has 0 unspecified atom stereocenters. The van der Waals surface area contributed by atoms with Gasteiger partial charge in [-0.1, -0.05) is 0 Å². The number of carbonyl (C=O) groups excluding carboxylic acids is 2. The second-order valence-electron chi connectivity index (χ2n) is 8.86. The average molecular weight is 469 g/mol. The van der Waals surface area contributed by atoms with Crippen LogP contribution in [0.15, 0.2) is 42.7 Å². The minimum absolute atomic E-state index is 0.0214. The predicted molar refractivity (Wildman–Crippen MR) is 131 cm³/mol. The van der Waals surface area contributed by atoms with Crippen LogP contribution in [0, 0.1) is 0 Å². The maximum atomic E-state index is 12.9. The summed E-state index contributed by atoms with van der Waals surface area (Å²) in [5, 5.41) is 7.93. The van der Waals surface area contributed by atoms with E-state index in [1.54, 1.807) is 11.8 Å². The van der Waals surface area contributed by atoms with Gasteiger partial charge in [0.25, 0.3) is 5.91 Å². The zero-order chi connectivity index (χ0) is 23.8. The van der Waals surface area contributed by atoms with E-state index in [0.717, 1.165) is 45.4 Å². The minimum atomic E-state index is -0.299. The fourth-order valence-electron chi connectivity index (χ4n) is 4.63. The van der Waals surface area contributed by atoms with Gasteiger partial charge in [0.1, 0.15) is 0 Å². The molecule has 34 heavy (non-hydrogen) atoms. The normalized spacial score (nSPS) is 17.1. The Labute approximate surface area is 201 Å². The Morgan fingerprint density at radius 2 is 1.74 bits per heavy atom. The molecule has 1 aromatic carbocycles. The van der Waals surface area contributed by atoms with Crippen molar-refractivity contribution in [2.45, 2.75) is 38.8 Å². The van der Waals surface area contributed by atoms with E-state index < -0.39 is 0 Å². The summed E-state index contributed by atoms with van der Waals surface area (Å²) in [5.41, 5.74) is 1.86. The first kappa shape index (κ1) is 24.1. The van der Waals surface area contributed by atoms with Crippen molar-refractivity contribution in [1.82, 2.24) is 24.9 Å². The van der Waals surface area contributed by atoms with Gasteiger partial charge in [0.15, 0.2) is 0 Å². The van der Waals surface area contributed by atoms with Gasteiger partial charge in [-0.3, -0.25) is 9.48 Å². The summed E-state index contributed by atoms with van der Waals surface area (Å²) in [7, 11) is 0. The summed E-state index contributed by atoms with van der Waals surface area (Å²) >= 11 is 0. The monoisotopic (exact) mass is 468 g/mol. The highest BCUT2D eigenvalue weighted by Gasteiger charge is 2.26. The number of nitrogens with zero attached hydrogens (tertiary/aromatic N) is 5. The third-order valence-electron chi connectivity index (χ3n) is 6.62. The Morgan fingerprint density at radius 3 is 2.38 bits per heavy atom. The van der Waals surface area contributed by atoms with Crippen molar-refractivity contribution in [2.24, 2.45) is 0 Å². The number of anilines is 1. The molecule has 0 saturated carbocycles. The number of benzene rings is 1. The van der Waals surface area contributed by atoms with E-state index in [-0.39, 0.29) is 12.0 Å². The van der Waals surface area contributed by atoms with Gasteiger partial charge < -0.3 is 24.8 Å². The molecule has 2 aromatic rings. The van der Waals surface area contributed by atoms with E-state index in [4.69, 9.17) is 4.74 Å². The molecule has 2 amide bonds. The molecule has 3 heterocycles. The van der Waals surface area contributed by atoms with Crippen LogP contribution in [0.3, 0.4) is 0 Å². The molecule has 2 fully saturated rings. The number of hydrogen-bond acceptors (Lipinski definition) is 6. The smallest absolute Gasteiger partial charge is 0.409 e. The van der Waals surface area contributed by atoms with Gasteiger partial charge in [0.2, 0.25) is 0 Å². The van der Waals surface area contributed by atoms with Crippen molar-refractivity contribution in [2.75, 3.05) is 57.3 Å². The average Bonchev–Trinajstić information content (AvgIpc) is 3.41. The first-order chi connectivity index (χ1) is 16.6. The molecule has 9 nitrogen and oxygen atoms in total. The van der Waals surface area contributed by atoms with Crippen LogP contribution in [0.2, 0.25) is 0 Å². The molecule has 0 radical (unpaired) electrons. The van der Waals surface area contributed by atoms with Gasteiger partial charge in [0, 0.05) is 75.5 Å². The summed E-state index contributed by atoms with van der Waals surface area (Å²) in [6, 6.07) is 10.5. The molecule has 1 aromatic heterocycles. The van der Waals surface area contributed by atoms with Crippen LogP contribution in [0.4, 0.5) is 10.5 Å². The van der Waals surface area contributed by atoms with Crippen molar-refractivity contribution < 1.29 is 14.3 Å². The molecular weight excluding hydrogens is 432 g/mol. The molecule has 0 atom stereocenters. The van der Waals surface area contributed by atoms with Gasteiger partial charge in [-0.2, -0.15) is 5.10 Å². The number of amides is 2. The van der Waals surface area contributed by atoms with Crippen molar-refractivity contribution in [1.29, 1.82) is 0 Å². The SMILES string of the molecule is CCOC(=O)N1CCN(C(=O)c2ccc(N3CCC(NCCCn4cccn4)CC3)cc2)CC1. The maximum Gasteiger partial charge on any atom is 0.409 e. The van der Waals surface area contributed by atoms with Gasteiger partial charge in [-0.05, 0) is 63.1 Å². The quantitative estimate of drug-likeness (QED) is 0.600. The van der Waals surface area contributed by atoms with Crippen LogP contribution in [0.1, 0.15) is 36.5 Å². The Morgan fingerprint density at radius 1 is 1.03 bits per heavy atom. The largest absolute Gasteiger partial charge is 0.450 e. The molecule has 0 bridgehead atoms. The summed E-state index contributed by atoms with van der Waals surface area (Å²) in [5.74, 6) is 0.0214. The Bertz CT molecular complexity index is 901. The van der Waals surface area contributed by atoms with Crippen molar-refractivity contribution in [3.63, 3.8) is 0 Å². The zero-order valence-electron chi connectivity index (χ0n) is 20.1. The fourth-order valence-corrected chi connectivity index (χ4v) is 4.63. The highest BCUT2D eigenvalue weighted by Crippen LogP contribution is 2.21. The van der Waals surface area contributed by atoms with Crippen molar-refractivity contribution >= 4 is 17.7 Å². The first-order valence-corrected chi connectivity index (χ1v) is 12.4. The number of carbonyl (C=O) groups is 2. The van der Waals surface area contributed by atoms with Crippen LogP contribution in [-0.4, -0.2) is 90.0 Å². The summed E-state index contributed by atoms with van der Waals surface area (Å²) in [6.45, 7) is 8.23. The first-order valence-electron chi connectivity index (χ1n) is 12.4. The standard InChI is InChI=1S/C25H36N6O3/c1-2-34-25(33)30-19-17-29(18-20-30)24(32)21-5-7-23(8-6-21)28-15-9-22(10-16-28)26-11-3-13-31-14-4-12-27-31/h4-8,12,14,22,26H,2-3,9-11,13,15-20H2,1H3. The topological polar surface area (TPSA) is 82.9 Å². The zero-order valence-corrected chi connectivity index (χ0v) is 20.1. The van der Waals surface area contributed by atoms with Crippen LogP contribution in [0.25, 0.3) is 0 Å². The van der Waals surface area contributed by atoms with Crippen molar-refractivity contribution in [3.05, 3.63) is 48.3 Å². The van der Waals surface area contributed by atoms with Crippen molar-refractivity contribution in [3.8, 4) is 0 Å². The van der Waals surface area contributed by atoms with E-state index in [1.807, 2.05) is 40.2 Å². The lowest BCUT2D eigenvalue weighted by Gasteiger charge is -2.35. The molecule has 2 saturated heterocycles.